The molecular weight excluding hydrogens is 277 g/mol. The quantitative estimate of drug-likeness (QED) is 0.844. The molecule has 3 heteroatoms. The Balaban J connectivity index is 1.86. The molecule has 1 fully saturated rings. The van der Waals surface area contributed by atoms with E-state index in [9.17, 15) is 0 Å². The smallest absolute Gasteiger partial charge is 0.0485 e. The fourth-order valence-corrected chi connectivity index (χ4v) is 2.52. The van der Waals surface area contributed by atoms with Crippen molar-refractivity contribution in [2.45, 2.75) is 25.4 Å². The molecule has 2 aromatic carbocycles. The molecule has 2 aromatic rings. The van der Waals surface area contributed by atoms with Crippen LogP contribution >= 0.6 is 23.2 Å². The molecule has 0 atom stereocenters. The molecule has 0 unspecified atom stereocenters. The van der Waals surface area contributed by atoms with E-state index in [1.807, 2.05) is 18.2 Å². The third-order valence-electron chi connectivity index (χ3n) is 3.34. The van der Waals surface area contributed by atoms with E-state index in [1.165, 1.54) is 18.4 Å². The van der Waals surface area contributed by atoms with Crippen molar-refractivity contribution in [2.24, 2.45) is 0 Å². The van der Waals surface area contributed by atoms with E-state index in [1.54, 1.807) is 0 Å². The van der Waals surface area contributed by atoms with Crippen LogP contribution in [0.1, 0.15) is 18.4 Å². The summed E-state index contributed by atoms with van der Waals surface area (Å²) in [6, 6.07) is 14.7. The molecule has 0 aliphatic heterocycles. The van der Waals surface area contributed by atoms with E-state index >= 15 is 0 Å². The number of benzene rings is 2. The zero-order valence-corrected chi connectivity index (χ0v) is 12.0. The Kier molecular flexibility index (Phi) is 3.79. The largest absolute Gasteiger partial charge is 0.310 e. The molecule has 0 amide bonds. The van der Waals surface area contributed by atoms with Gasteiger partial charge in [0.2, 0.25) is 0 Å². The topological polar surface area (TPSA) is 12.0 Å². The number of halogens is 2. The predicted molar refractivity (Wildman–Crippen MR) is 81.8 cm³/mol. The molecule has 3 rings (SSSR count). The van der Waals surface area contributed by atoms with Gasteiger partial charge in [-0.25, -0.2) is 0 Å². The normalized spacial score (nSPS) is 14.6. The van der Waals surface area contributed by atoms with Crippen LogP contribution in [0.3, 0.4) is 0 Å². The predicted octanol–water partition coefficient (Wildman–Crippen LogP) is 4.91. The van der Waals surface area contributed by atoms with Crippen LogP contribution in [-0.2, 0) is 6.54 Å². The molecule has 1 N–H and O–H groups in total. The summed E-state index contributed by atoms with van der Waals surface area (Å²) in [7, 11) is 0. The van der Waals surface area contributed by atoms with Crippen molar-refractivity contribution in [3.8, 4) is 11.1 Å². The average Bonchev–Trinajstić information content (AvgIpc) is 3.24. The number of hydrogen-bond acceptors (Lipinski definition) is 1. The Morgan fingerprint density at radius 1 is 1.05 bits per heavy atom. The van der Waals surface area contributed by atoms with Crippen molar-refractivity contribution < 1.29 is 0 Å². The lowest BCUT2D eigenvalue weighted by atomic mass is 10.0. The highest BCUT2D eigenvalue weighted by molar-refractivity contribution is 6.35. The van der Waals surface area contributed by atoms with Crippen LogP contribution in [0.25, 0.3) is 11.1 Å². The standard InChI is InChI=1S/C16H15Cl2N/c17-13-4-7-16(18)15(9-13)12-3-1-2-11(8-12)10-19-14-5-6-14/h1-4,7-9,14,19H,5-6,10H2. The van der Waals surface area contributed by atoms with Gasteiger partial charge in [0.15, 0.2) is 0 Å². The van der Waals surface area contributed by atoms with E-state index in [-0.39, 0.29) is 0 Å². The van der Waals surface area contributed by atoms with Crippen molar-refractivity contribution in [2.75, 3.05) is 0 Å². The van der Waals surface area contributed by atoms with E-state index in [2.05, 4.69) is 29.6 Å². The molecule has 19 heavy (non-hydrogen) atoms. The van der Waals surface area contributed by atoms with Gasteiger partial charge in [0.25, 0.3) is 0 Å². The zero-order chi connectivity index (χ0) is 13.2. The van der Waals surface area contributed by atoms with Crippen LogP contribution in [0.15, 0.2) is 42.5 Å². The molecule has 0 saturated heterocycles. The van der Waals surface area contributed by atoms with E-state index in [0.717, 1.165) is 28.7 Å². The van der Waals surface area contributed by atoms with Gasteiger partial charge in [0.1, 0.15) is 0 Å². The first-order valence-corrected chi connectivity index (χ1v) is 7.26. The summed E-state index contributed by atoms with van der Waals surface area (Å²) in [6.45, 7) is 0.913. The van der Waals surface area contributed by atoms with Gasteiger partial charge in [-0.05, 0) is 48.2 Å². The maximum Gasteiger partial charge on any atom is 0.0485 e. The third-order valence-corrected chi connectivity index (χ3v) is 3.90. The molecule has 0 bridgehead atoms. The lowest BCUT2D eigenvalue weighted by Gasteiger charge is -2.08. The minimum atomic E-state index is 0.709. The summed E-state index contributed by atoms with van der Waals surface area (Å²) in [5.74, 6) is 0. The fraction of sp³-hybridized carbons (Fsp3) is 0.250. The second-order valence-electron chi connectivity index (χ2n) is 4.98. The summed E-state index contributed by atoms with van der Waals surface area (Å²) in [6.07, 6.45) is 2.61. The van der Waals surface area contributed by atoms with E-state index in [0.29, 0.717) is 5.02 Å². The number of hydrogen-bond donors (Lipinski definition) is 1. The van der Waals surface area contributed by atoms with Crippen LogP contribution in [0, 0.1) is 0 Å². The van der Waals surface area contributed by atoms with E-state index < -0.39 is 0 Å². The van der Waals surface area contributed by atoms with Gasteiger partial charge in [0, 0.05) is 28.2 Å². The monoisotopic (exact) mass is 291 g/mol. The van der Waals surface area contributed by atoms with Gasteiger partial charge >= 0.3 is 0 Å². The van der Waals surface area contributed by atoms with Gasteiger partial charge in [-0.2, -0.15) is 0 Å². The zero-order valence-electron chi connectivity index (χ0n) is 10.5. The van der Waals surface area contributed by atoms with Crippen LogP contribution in [0.5, 0.6) is 0 Å². The van der Waals surface area contributed by atoms with Crippen LogP contribution in [0.2, 0.25) is 10.0 Å². The first kappa shape index (κ1) is 13.0. The molecule has 0 heterocycles. The highest BCUT2D eigenvalue weighted by Gasteiger charge is 2.19. The maximum atomic E-state index is 6.25. The average molecular weight is 292 g/mol. The minimum Gasteiger partial charge on any atom is -0.310 e. The second kappa shape index (κ2) is 5.54. The lowest BCUT2D eigenvalue weighted by Crippen LogP contribution is -2.15. The summed E-state index contributed by atoms with van der Waals surface area (Å²) in [5.41, 5.74) is 3.38. The van der Waals surface area contributed by atoms with Crippen LogP contribution in [-0.4, -0.2) is 6.04 Å². The summed E-state index contributed by atoms with van der Waals surface area (Å²) in [4.78, 5) is 0. The SMILES string of the molecule is Clc1ccc(Cl)c(-c2cccc(CNC3CC3)c2)c1. The first-order chi connectivity index (χ1) is 9.22. The van der Waals surface area contributed by atoms with Crippen molar-refractivity contribution in [1.29, 1.82) is 0 Å². The highest BCUT2D eigenvalue weighted by Crippen LogP contribution is 2.31. The van der Waals surface area contributed by atoms with Gasteiger partial charge in [0.05, 0.1) is 0 Å². The summed E-state index contributed by atoms with van der Waals surface area (Å²) >= 11 is 12.3. The van der Waals surface area contributed by atoms with Crippen molar-refractivity contribution >= 4 is 23.2 Å². The van der Waals surface area contributed by atoms with Crippen molar-refractivity contribution in [3.05, 3.63) is 58.1 Å². The van der Waals surface area contributed by atoms with Gasteiger partial charge in [-0.3, -0.25) is 0 Å². The van der Waals surface area contributed by atoms with Crippen LogP contribution in [0.4, 0.5) is 0 Å². The van der Waals surface area contributed by atoms with E-state index in [4.69, 9.17) is 23.2 Å². The molecule has 0 spiro atoms. The molecule has 1 nitrogen and oxygen atoms in total. The molecule has 1 aliphatic carbocycles. The Bertz CT molecular complexity index is 591. The van der Waals surface area contributed by atoms with Crippen molar-refractivity contribution in [3.63, 3.8) is 0 Å². The second-order valence-corrected chi connectivity index (χ2v) is 5.82. The Morgan fingerprint density at radius 2 is 1.89 bits per heavy atom. The Labute approximate surface area is 123 Å². The summed E-state index contributed by atoms with van der Waals surface area (Å²) < 4.78 is 0. The van der Waals surface area contributed by atoms with Gasteiger partial charge < -0.3 is 5.32 Å². The molecule has 0 aromatic heterocycles. The molecular formula is C16H15Cl2N. The van der Waals surface area contributed by atoms with Gasteiger partial charge in [-0.1, -0.05) is 41.4 Å². The molecule has 1 aliphatic rings. The Morgan fingerprint density at radius 3 is 2.68 bits per heavy atom. The van der Waals surface area contributed by atoms with Crippen LogP contribution < -0.4 is 5.32 Å². The number of rotatable bonds is 4. The lowest BCUT2D eigenvalue weighted by molar-refractivity contribution is 0.688. The summed E-state index contributed by atoms with van der Waals surface area (Å²) in [5, 5.41) is 4.96. The highest BCUT2D eigenvalue weighted by atomic mass is 35.5. The maximum absolute atomic E-state index is 6.25. The molecule has 1 saturated carbocycles. The van der Waals surface area contributed by atoms with Gasteiger partial charge in [-0.15, -0.1) is 0 Å². The molecule has 98 valence electrons. The number of nitrogens with one attached hydrogen (secondary N) is 1. The third kappa shape index (κ3) is 3.30. The minimum absolute atomic E-state index is 0.709. The molecule has 0 radical (unpaired) electrons. The first-order valence-electron chi connectivity index (χ1n) is 6.50. The Hall–Kier alpha value is -1.02. The fourth-order valence-electron chi connectivity index (χ4n) is 2.12. The van der Waals surface area contributed by atoms with Crippen molar-refractivity contribution in [1.82, 2.24) is 5.32 Å².